The van der Waals surface area contributed by atoms with Crippen LogP contribution in [-0.2, 0) is 0 Å². The van der Waals surface area contributed by atoms with E-state index >= 15 is 0 Å². The van der Waals surface area contributed by atoms with Crippen molar-refractivity contribution >= 4 is 58.5 Å². The summed E-state index contributed by atoms with van der Waals surface area (Å²) >= 11 is 6.33. The van der Waals surface area contributed by atoms with E-state index in [1.165, 1.54) is 18.2 Å². The molecule has 14 heteroatoms. The number of aromatic amines is 1. The average Bonchev–Trinajstić information content (AvgIpc) is 3.01. The minimum Gasteiger partial charge on any atom is -0.353 e. The molecule has 1 aliphatic rings. The van der Waals surface area contributed by atoms with E-state index in [1.54, 1.807) is 12.3 Å². The number of nitrogens with two attached hydrogens (primary N) is 1. The number of hydrogen-bond donors (Lipinski definition) is 5. The number of piperazine rings is 1. The normalized spacial score (nSPS) is 14.4. The average molecular weight is 641 g/mol. The molecule has 2 amide bonds. The van der Waals surface area contributed by atoms with Gasteiger partial charge in [-0.15, -0.1) is 12.4 Å². The van der Waals surface area contributed by atoms with Gasteiger partial charge in [0.15, 0.2) is 0 Å². The van der Waals surface area contributed by atoms with Gasteiger partial charge in [0.05, 0.1) is 16.8 Å². The number of likely N-dealkylation sites (N-methyl/N-ethyl adjacent to an activating group) is 1. The highest BCUT2D eigenvalue weighted by Gasteiger charge is 2.19. The number of pyridine rings is 1. The third kappa shape index (κ3) is 8.10. The minimum absolute atomic E-state index is 0. The van der Waals surface area contributed by atoms with Crippen LogP contribution in [-0.4, -0.2) is 89.4 Å². The molecule has 0 spiro atoms. The first kappa shape index (κ1) is 32.8. The van der Waals surface area contributed by atoms with Gasteiger partial charge in [-0.25, -0.2) is 4.98 Å². The molecule has 0 aliphatic carbocycles. The number of aromatic nitrogens is 3. The van der Waals surface area contributed by atoms with Crippen molar-refractivity contribution in [3.05, 3.63) is 92.9 Å². The SMILES string of the molecule is CN1CCN(CCNc2ncc3cc(C(=O)Nc4cc(C(=O)NC(CN)c5ccccc5)ccc4Cl)c(=O)[nH]c3n2)CC1.Cl. The van der Waals surface area contributed by atoms with Crippen molar-refractivity contribution in [2.75, 3.05) is 63.5 Å². The maximum Gasteiger partial charge on any atom is 0.262 e. The Morgan fingerprint density at radius 3 is 2.55 bits per heavy atom. The fourth-order valence-corrected chi connectivity index (χ4v) is 4.97. The van der Waals surface area contributed by atoms with E-state index in [1.807, 2.05) is 30.3 Å². The lowest BCUT2D eigenvalue weighted by Gasteiger charge is -2.32. The Hall–Kier alpha value is -4.07. The summed E-state index contributed by atoms with van der Waals surface area (Å²) in [4.78, 5) is 55.1. The number of fused-ring (bicyclic) bond motifs is 1. The number of benzene rings is 2. The van der Waals surface area contributed by atoms with E-state index in [2.05, 4.69) is 47.7 Å². The first-order chi connectivity index (χ1) is 20.8. The lowest BCUT2D eigenvalue weighted by Crippen LogP contribution is -2.45. The van der Waals surface area contributed by atoms with Crippen molar-refractivity contribution < 1.29 is 9.59 Å². The summed E-state index contributed by atoms with van der Waals surface area (Å²) in [5.74, 6) is -0.693. The summed E-state index contributed by atoms with van der Waals surface area (Å²) in [7, 11) is 2.12. The van der Waals surface area contributed by atoms with Crippen LogP contribution < -0.4 is 27.2 Å². The Balaban J connectivity index is 0.00000442. The Bertz CT molecular complexity index is 1660. The monoisotopic (exact) mass is 639 g/mol. The van der Waals surface area contributed by atoms with Crippen molar-refractivity contribution in [3.8, 4) is 0 Å². The molecule has 44 heavy (non-hydrogen) atoms. The van der Waals surface area contributed by atoms with Gasteiger partial charge in [-0.2, -0.15) is 4.98 Å². The van der Waals surface area contributed by atoms with E-state index in [9.17, 15) is 14.4 Å². The first-order valence-corrected chi connectivity index (χ1v) is 14.4. The van der Waals surface area contributed by atoms with Crippen LogP contribution in [0, 0.1) is 0 Å². The summed E-state index contributed by atoms with van der Waals surface area (Å²) in [6.45, 7) is 5.84. The number of nitrogens with one attached hydrogen (secondary N) is 4. The fourth-order valence-electron chi connectivity index (χ4n) is 4.80. The maximum atomic E-state index is 13.1. The molecule has 1 aliphatic heterocycles. The molecule has 2 aromatic carbocycles. The second kappa shape index (κ2) is 15.1. The van der Waals surface area contributed by atoms with Crippen LogP contribution >= 0.6 is 24.0 Å². The number of nitrogens with zero attached hydrogens (tertiary/aromatic N) is 4. The zero-order valence-electron chi connectivity index (χ0n) is 24.2. The highest BCUT2D eigenvalue weighted by Crippen LogP contribution is 2.24. The summed E-state index contributed by atoms with van der Waals surface area (Å²) in [6.07, 6.45) is 1.55. The van der Waals surface area contributed by atoms with E-state index < -0.39 is 17.5 Å². The molecule has 5 rings (SSSR count). The van der Waals surface area contributed by atoms with Crippen molar-refractivity contribution in [2.24, 2.45) is 5.73 Å². The number of H-pyrrole nitrogens is 1. The van der Waals surface area contributed by atoms with Crippen LogP contribution in [0.3, 0.4) is 0 Å². The summed E-state index contributed by atoms with van der Waals surface area (Å²) in [6, 6.07) is 14.9. The molecule has 232 valence electrons. The van der Waals surface area contributed by atoms with Gasteiger partial charge in [0.25, 0.3) is 17.4 Å². The van der Waals surface area contributed by atoms with Gasteiger partial charge in [0.2, 0.25) is 5.95 Å². The Morgan fingerprint density at radius 2 is 1.82 bits per heavy atom. The van der Waals surface area contributed by atoms with Crippen molar-refractivity contribution in [1.29, 1.82) is 0 Å². The number of carbonyl (C=O) groups excluding carboxylic acids is 2. The zero-order valence-corrected chi connectivity index (χ0v) is 25.8. The molecule has 3 heterocycles. The Kier molecular flexibility index (Phi) is 11.3. The topological polar surface area (TPSA) is 161 Å². The van der Waals surface area contributed by atoms with E-state index in [0.29, 0.717) is 23.5 Å². The first-order valence-electron chi connectivity index (χ1n) is 14.0. The lowest BCUT2D eigenvalue weighted by atomic mass is 10.1. The van der Waals surface area contributed by atoms with Crippen molar-refractivity contribution in [2.45, 2.75) is 6.04 Å². The van der Waals surface area contributed by atoms with E-state index in [-0.39, 0.29) is 46.7 Å². The van der Waals surface area contributed by atoms with Crippen LogP contribution in [0.4, 0.5) is 11.6 Å². The van der Waals surface area contributed by atoms with Gasteiger partial charge in [0.1, 0.15) is 11.2 Å². The van der Waals surface area contributed by atoms with Gasteiger partial charge in [-0.1, -0.05) is 41.9 Å². The van der Waals surface area contributed by atoms with Gasteiger partial charge in [-0.05, 0) is 36.9 Å². The van der Waals surface area contributed by atoms with Crippen molar-refractivity contribution in [3.63, 3.8) is 0 Å². The number of anilines is 2. The molecule has 0 radical (unpaired) electrons. The molecule has 6 N–H and O–H groups in total. The molecule has 1 fully saturated rings. The van der Waals surface area contributed by atoms with Gasteiger partial charge in [0, 0.05) is 63.0 Å². The standard InChI is InChI=1S/C30H34ClN9O3.ClH/c1-39-11-13-40(14-12-39)10-9-33-30-34-18-21-15-22(29(43)37-26(21)38-30)28(42)35-24-16-20(7-8-23(24)31)27(41)36-25(17-32)19-5-3-2-4-6-19;/h2-8,15-16,18,25H,9-14,17,32H2,1H3,(H,35,42)(H,36,41)(H2,33,34,37,38,43);1H. The van der Waals surface area contributed by atoms with Crippen molar-refractivity contribution in [1.82, 2.24) is 30.1 Å². The summed E-state index contributed by atoms with van der Waals surface area (Å²) in [5.41, 5.74) is 6.75. The highest BCUT2D eigenvalue weighted by atomic mass is 35.5. The highest BCUT2D eigenvalue weighted by molar-refractivity contribution is 6.34. The predicted molar refractivity (Wildman–Crippen MR) is 175 cm³/mol. The van der Waals surface area contributed by atoms with E-state index in [0.717, 1.165) is 38.3 Å². The number of hydrogen-bond acceptors (Lipinski definition) is 9. The lowest BCUT2D eigenvalue weighted by molar-refractivity contribution is 0.0936. The molecular weight excluding hydrogens is 605 g/mol. The quantitative estimate of drug-likeness (QED) is 0.176. The zero-order chi connectivity index (χ0) is 30.3. The van der Waals surface area contributed by atoms with Gasteiger partial charge < -0.3 is 31.6 Å². The molecule has 12 nitrogen and oxygen atoms in total. The third-order valence-corrected chi connectivity index (χ3v) is 7.69. The molecule has 0 saturated carbocycles. The maximum absolute atomic E-state index is 13.1. The second-order valence-corrected chi connectivity index (χ2v) is 10.8. The van der Waals surface area contributed by atoms with Crippen LogP contribution in [0.1, 0.15) is 32.3 Å². The van der Waals surface area contributed by atoms with Crippen LogP contribution in [0.15, 0.2) is 65.6 Å². The number of amides is 2. The Morgan fingerprint density at radius 1 is 1.07 bits per heavy atom. The van der Waals surface area contributed by atoms with Gasteiger partial charge >= 0.3 is 0 Å². The summed E-state index contributed by atoms with van der Waals surface area (Å²) in [5, 5.41) is 9.43. The number of carbonyl (C=O) groups is 2. The molecule has 1 unspecified atom stereocenters. The smallest absolute Gasteiger partial charge is 0.262 e. The molecule has 1 atom stereocenters. The molecule has 4 aromatic rings. The third-order valence-electron chi connectivity index (χ3n) is 7.36. The molecule has 0 bridgehead atoms. The van der Waals surface area contributed by atoms with Crippen LogP contribution in [0.25, 0.3) is 11.0 Å². The fraction of sp³-hybridized carbons (Fsp3) is 0.300. The molecule has 2 aromatic heterocycles. The van der Waals surface area contributed by atoms with E-state index in [4.69, 9.17) is 17.3 Å². The largest absolute Gasteiger partial charge is 0.353 e. The number of rotatable bonds is 10. The predicted octanol–water partition coefficient (Wildman–Crippen LogP) is 2.73. The minimum atomic E-state index is -0.693. The Labute approximate surface area is 265 Å². The number of halogens is 2. The van der Waals surface area contributed by atoms with Crippen LogP contribution in [0.5, 0.6) is 0 Å². The van der Waals surface area contributed by atoms with Crippen LogP contribution in [0.2, 0.25) is 5.02 Å². The second-order valence-electron chi connectivity index (χ2n) is 10.4. The van der Waals surface area contributed by atoms with Gasteiger partial charge in [-0.3, -0.25) is 19.3 Å². The summed E-state index contributed by atoms with van der Waals surface area (Å²) < 4.78 is 0. The molecule has 1 saturated heterocycles. The molecular formula is C30H35Cl2N9O3.